The zero-order chi connectivity index (χ0) is 13.3. The Bertz CT molecular complexity index is 631. The van der Waals surface area contributed by atoms with Crippen LogP contribution in [0.5, 0.6) is 0 Å². The number of aldehydes is 1. The Morgan fingerprint density at radius 1 is 1.17 bits per heavy atom. The highest BCUT2D eigenvalue weighted by atomic mass is 35.5. The molecular formula is C12H5Cl3FNO. The molecule has 18 heavy (non-hydrogen) atoms. The largest absolute Gasteiger partial charge is 0.298 e. The highest BCUT2D eigenvalue weighted by Gasteiger charge is 2.12. The van der Waals surface area contributed by atoms with Crippen LogP contribution in [0, 0.1) is 5.95 Å². The van der Waals surface area contributed by atoms with Crippen LogP contribution in [0.1, 0.15) is 10.4 Å². The molecule has 0 atom stereocenters. The predicted molar refractivity (Wildman–Crippen MR) is 70.0 cm³/mol. The van der Waals surface area contributed by atoms with E-state index in [1.165, 1.54) is 24.3 Å². The van der Waals surface area contributed by atoms with Crippen molar-refractivity contribution in [3.63, 3.8) is 0 Å². The van der Waals surface area contributed by atoms with Gasteiger partial charge in [-0.1, -0.05) is 34.8 Å². The van der Waals surface area contributed by atoms with Crippen LogP contribution in [-0.2, 0) is 0 Å². The summed E-state index contributed by atoms with van der Waals surface area (Å²) in [6.07, 6.45) is 0.388. The Morgan fingerprint density at radius 2 is 1.89 bits per heavy atom. The Morgan fingerprint density at radius 3 is 2.50 bits per heavy atom. The van der Waals surface area contributed by atoms with E-state index < -0.39 is 5.95 Å². The van der Waals surface area contributed by atoms with Gasteiger partial charge in [0.2, 0.25) is 5.95 Å². The van der Waals surface area contributed by atoms with E-state index >= 15 is 0 Å². The summed E-state index contributed by atoms with van der Waals surface area (Å²) in [6.45, 7) is 0. The van der Waals surface area contributed by atoms with Gasteiger partial charge in [-0.05, 0) is 24.3 Å². The van der Waals surface area contributed by atoms with Gasteiger partial charge in [-0.25, -0.2) is 4.98 Å². The minimum absolute atomic E-state index is 0.122. The highest BCUT2D eigenvalue weighted by molar-refractivity contribution is 6.45. The lowest BCUT2D eigenvalue weighted by atomic mass is 10.1. The number of nitrogens with zero attached hydrogens (tertiary/aromatic N) is 1. The van der Waals surface area contributed by atoms with Crippen molar-refractivity contribution in [1.29, 1.82) is 0 Å². The van der Waals surface area contributed by atoms with Crippen molar-refractivity contribution >= 4 is 41.1 Å². The molecule has 0 saturated heterocycles. The van der Waals surface area contributed by atoms with E-state index in [0.29, 0.717) is 16.9 Å². The summed E-state index contributed by atoms with van der Waals surface area (Å²) in [6, 6.07) is 5.79. The summed E-state index contributed by atoms with van der Waals surface area (Å²) in [5.41, 5.74) is 0.543. The van der Waals surface area contributed by atoms with Gasteiger partial charge in [0.25, 0.3) is 0 Å². The summed E-state index contributed by atoms with van der Waals surface area (Å²) in [5, 5.41) is 0.841. The monoisotopic (exact) mass is 303 g/mol. The second-order valence-electron chi connectivity index (χ2n) is 3.44. The summed E-state index contributed by atoms with van der Waals surface area (Å²) in [4.78, 5) is 14.2. The van der Waals surface area contributed by atoms with Gasteiger partial charge >= 0.3 is 0 Å². The fraction of sp³-hybridized carbons (Fsp3) is 0. The first-order chi connectivity index (χ1) is 8.52. The average molecular weight is 305 g/mol. The fourth-order valence-electron chi connectivity index (χ4n) is 1.43. The zero-order valence-corrected chi connectivity index (χ0v) is 11.0. The van der Waals surface area contributed by atoms with E-state index in [-0.39, 0.29) is 21.3 Å². The number of hydrogen-bond acceptors (Lipinski definition) is 2. The molecule has 0 radical (unpaired) electrons. The molecular weight excluding hydrogens is 299 g/mol. The maximum Gasteiger partial charge on any atom is 0.224 e. The van der Waals surface area contributed by atoms with E-state index in [1.54, 1.807) is 0 Å². The van der Waals surface area contributed by atoms with Gasteiger partial charge in [-0.2, -0.15) is 4.39 Å². The van der Waals surface area contributed by atoms with Crippen LogP contribution in [-0.4, -0.2) is 11.3 Å². The van der Waals surface area contributed by atoms with Gasteiger partial charge in [0.1, 0.15) is 0 Å². The van der Waals surface area contributed by atoms with Crippen LogP contribution in [0.15, 0.2) is 24.3 Å². The van der Waals surface area contributed by atoms with Crippen molar-refractivity contribution in [3.05, 3.63) is 50.8 Å². The van der Waals surface area contributed by atoms with Crippen molar-refractivity contribution in [2.24, 2.45) is 0 Å². The minimum atomic E-state index is -0.866. The SMILES string of the molecule is O=Cc1ccc(-c2cc(Cl)cc(Cl)c2Cl)nc1F. The number of pyridine rings is 1. The van der Waals surface area contributed by atoms with Gasteiger partial charge < -0.3 is 0 Å². The predicted octanol–water partition coefficient (Wildman–Crippen LogP) is 4.66. The summed E-state index contributed by atoms with van der Waals surface area (Å²) >= 11 is 17.7. The summed E-state index contributed by atoms with van der Waals surface area (Å²) < 4.78 is 13.4. The van der Waals surface area contributed by atoms with E-state index in [0.717, 1.165) is 0 Å². The van der Waals surface area contributed by atoms with Crippen molar-refractivity contribution < 1.29 is 9.18 Å². The molecule has 0 spiro atoms. The topological polar surface area (TPSA) is 30.0 Å². The second-order valence-corrected chi connectivity index (χ2v) is 4.67. The van der Waals surface area contributed by atoms with E-state index in [9.17, 15) is 9.18 Å². The van der Waals surface area contributed by atoms with E-state index in [4.69, 9.17) is 34.8 Å². The summed E-state index contributed by atoms with van der Waals surface area (Å²) in [7, 11) is 0. The maximum absolute atomic E-state index is 13.4. The Labute approximate surface area is 117 Å². The quantitative estimate of drug-likeness (QED) is 0.459. The first-order valence-electron chi connectivity index (χ1n) is 4.79. The molecule has 0 aliphatic rings. The summed E-state index contributed by atoms with van der Waals surface area (Å²) in [5.74, 6) is -0.866. The Balaban J connectivity index is 2.62. The molecule has 0 N–H and O–H groups in total. The molecule has 0 unspecified atom stereocenters. The first kappa shape index (κ1) is 13.3. The minimum Gasteiger partial charge on any atom is -0.298 e. The molecule has 2 nitrogen and oxygen atoms in total. The van der Waals surface area contributed by atoms with Crippen LogP contribution in [0.4, 0.5) is 4.39 Å². The van der Waals surface area contributed by atoms with Gasteiger partial charge in [-0.15, -0.1) is 0 Å². The smallest absolute Gasteiger partial charge is 0.224 e. The van der Waals surface area contributed by atoms with Gasteiger partial charge in [0.15, 0.2) is 6.29 Å². The molecule has 92 valence electrons. The fourth-order valence-corrected chi connectivity index (χ4v) is 2.12. The molecule has 1 aromatic heterocycles. The van der Waals surface area contributed by atoms with Gasteiger partial charge in [0.05, 0.1) is 21.3 Å². The molecule has 0 aliphatic carbocycles. The second kappa shape index (κ2) is 5.22. The highest BCUT2D eigenvalue weighted by Crippen LogP contribution is 2.35. The van der Waals surface area contributed by atoms with Crippen LogP contribution < -0.4 is 0 Å². The Kier molecular flexibility index (Phi) is 3.85. The first-order valence-corrected chi connectivity index (χ1v) is 5.93. The van der Waals surface area contributed by atoms with Gasteiger partial charge in [0, 0.05) is 10.6 Å². The number of hydrogen-bond donors (Lipinski definition) is 0. The molecule has 0 amide bonds. The zero-order valence-electron chi connectivity index (χ0n) is 8.75. The lowest BCUT2D eigenvalue weighted by Gasteiger charge is -2.07. The lowest BCUT2D eigenvalue weighted by molar-refractivity contribution is 0.111. The van der Waals surface area contributed by atoms with Crippen LogP contribution >= 0.6 is 34.8 Å². The van der Waals surface area contributed by atoms with Crippen molar-refractivity contribution in [2.45, 2.75) is 0 Å². The molecule has 6 heteroatoms. The molecule has 2 aromatic rings. The van der Waals surface area contributed by atoms with Crippen LogP contribution in [0.3, 0.4) is 0 Å². The van der Waals surface area contributed by atoms with Crippen molar-refractivity contribution in [1.82, 2.24) is 4.98 Å². The molecule has 1 heterocycles. The maximum atomic E-state index is 13.4. The number of rotatable bonds is 2. The average Bonchev–Trinajstić information content (AvgIpc) is 2.33. The number of halogens is 4. The van der Waals surface area contributed by atoms with Crippen molar-refractivity contribution in [2.75, 3.05) is 0 Å². The third kappa shape index (κ3) is 2.48. The van der Waals surface area contributed by atoms with E-state index in [1.807, 2.05) is 0 Å². The molecule has 0 saturated carbocycles. The number of carbonyl (C=O) groups excluding carboxylic acids is 1. The number of carbonyl (C=O) groups is 1. The molecule has 1 aromatic carbocycles. The number of benzene rings is 1. The van der Waals surface area contributed by atoms with Crippen LogP contribution in [0.2, 0.25) is 15.1 Å². The van der Waals surface area contributed by atoms with Crippen molar-refractivity contribution in [3.8, 4) is 11.3 Å². The third-order valence-corrected chi connectivity index (χ3v) is 3.29. The molecule has 2 rings (SSSR count). The van der Waals surface area contributed by atoms with Gasteiger partial charge in [-0.3, -0.25) is 4.79 Å². The lowest BCUT2D eigenvalue weighted by Crippen LogP contribution is -1.95. The molecule has 0 bridgehead atoms. The standard InChI is InChI=1S/C12H5Cl3FNO/c13-7-3-8(11(15)9(14)4-7)10-2-1-6(5-18)12(16)17-10/h1-5H. The van der Waals surface area contributed by atoms with Crippen LogP contribution in [0.25, 0.3) is 11.3 Å². The molecule has 0 fully saturated rings. The Hall–Kier alpha value is -1.16. The van der Waals surface area contributed by atoms with E-state index in [2.05, 4.69) is 4.98 Å². The molecule has 0 aliphatic heterocycles. The third-order valence-electron chi connectivity index (χ3n) is 2.27. The normalized spacial score (nSPS) is 10.4. The number of aromatic nitrogens is 1.